The highest BCUT2D eigenvalue weighted by Crippen LogP contribution is 2.23. The molecule has 0 spiro atoms. The second kappa shape index (κ2) is 10.3. The first kappa shape index (κ1) is 23.8. The van der Waals surface area contributed by atoms with Gasteiger partial charge in [0.2, 0.25) is 0 Å². The fraction of sp³-hybridized carbons (Fsp3) is 0.385. The largest absolute Gasteiger partial charge is 0.301 e. The van der Waals surface area contributed by atoms with Gasteiger partial charge in [-0.2, -0.15) is 0 Å². The first-order chi connectivity index (χ1) is 16.5. The fourth-order valence-corrected chi connectivity index (χ4v) is 4.51. The Bertz CT molecular complexity index is 958. The Morgan fingerprint density at radius 1 is 0.529 bits per heavy atom. The SMILES string of the molecule is CCN(CCN(CC)CCN1C(=O)c2ccccc2C1=O)CCN1C(=O)c2ccccc2C1=O. The molecule has 8 nitrogen and oxygen atoms in total. The highest BCUT2D eigenvalue weighted by Gasteiger charge is 2.36. The number of carbonyl (C=O) groups is 4. The maximum atomic E-state index is 12.6. The van der Waals surface area contributed by atoms with Gasteiger partial charge in [-0.1, -0.05) is 38.1 Å². The number of benzene rings is 2. The molecule has 4 rings (SSSR count). The van der Waals surface area contributed by atoms with Crippen LogP contribution in [0.15, 0.2) is 48.5 Å². The van der Waals surface area contributed by atoms with Crippen LogP contribution in [-0.2, 0) is 0 Å². The average molecular weight is 463 g/mol. The third-order valence-electron chi connectivity index (χ3n) is 6.66. The lowest BCUT2D eigenvalue weighted by atomic mass is 10.1. The Morgan fingerprint density at radius 3 is 1.09 bits per heavy atom. The van der Waals surface area contributed by atoms with Crippen molar-refractivity contribution in [2.75, 3.05) is 52.4 Å². The molecule has 0 bridgehead atoms. The van der Waals surface area contributed by atoms with Gasteiger partial charge in [-0.15, -0.1) is 0 Å². The molecule has 2 aromatic carbocycles. The summed E-state index contributed by atoms with van der Waals surface area (Å²) in [4.78, 5) is 57.4. The minimum Gasteiger partial charge on any atom is -0.301 e. The minimum atomic E-state index is -0.229. The van der Waals surface area contributed by atoms with Gasteiger partial charge in [-0.25, -0.2) is 0 Å². The molecule has 2 aromatic rings. The summed E-state index contributed by atoms with van der Waals surface area (Å²) in [7, 11) is 0. The van der Waals surface area contributed by atoms with E-state index in [-0.39, 0.29) is 23.6 Å². The summed E-state index contributed by atoms with van der Waals surface area (Å²) >= 11 is 0. The van der Waals surface area contributed by atoms with E-state index in [9.17, 15) is 19.2 Å². The van der Waals surface area contributed by atoms with E-state index in [1.165, 1.54) is 9.80 Å². The van der Waals surface area contributed by atoms with Crippen molar-refractivity contribution < 1.29 is 19.2 Å². The van der Waals surface area contributed by atoms with Gasteiger partial charge in [0.1, 0.15) is 0 Å². The highest BCUT2D eigenvalue weighted by atomic mass is 16.2. The maximum absolute atomic E-state index is 12.6. The molecular formula is C26H30N4O4. The zero-order valence-electron chi connectivity index (χ0n) is 19.7. The molecule has 4 amide bonds. The number of likely N-dealkylation sites (N-methyl/N-ethyl adjacent to an activating group) is 2. The van der Waals surface area contributed by atoms with Crippen molar-refractivity contribution in [3.8, 4) is 0 Å². The second-order valence-electron chi connectivity index (χ2n) is 8.48. The first-order valence-electron chi connectivity index (χ1n) is 11.8. The summed E-state index contributed by atoms with van der Waals surface area (Å²) in [6.07, 6.45) is 0. The van der Waals surface area contributed by atoms with E-state index in [4.69, 9.17) is 0 Å². The Balaban J connectivity index is 1.26. The minimum absolute atomic E-state index is 0.229. The van der Waals surface area contributed by atoms with Crippen molar-refractivity contribution >= 4 is 23.6 Å². The molecular weight excluding hydrogens is 432 g/mol. The van der Waals surface area contributed by atoms with Gasteiger partial charge in [0.05, 0.1) is 22.3 Å². The standard InChI is InChI=1S/C26H30N4O4/c1-3-27(15-17-29-23(31)19-9-5-6-10-20(19)24(29)32)13-14-28(4-2)16-18-30-25(33)21-11-7-8-12-22(21)26(30)34/h5-12H,3-4,13-18H2,1-2H3. The van der Waals surface area contributed by atoms with Crippen molar-refractivity contribution in [3.05, 3.63) is 70.8 Å². The van der Waals surface area contributed by atoms with Crippen LogP contribution in [0.3, 0.4) is 0 Å². The van der Waals surface area contributed by atoms with E-state index in [1.807, 2.05) is 0 Å². The number of hydrogen-bond donors (Lipinski definition) is 0. The van der Waals surface area contributed by atoms with Crippen LogP contribution < -0.4 is 0 Å². The van der Waals surface area contributed by atoms with Gasteiger partial charge in [-0.05, 0) is 37.4 Å². The molecule has 0 aliphatic carbocycles. The Labute approximate surface area is 199 Å². The Hall–Kier alpha value is -3.36. The molecule has 0 unspecified atom stereocenters. The zero-order valence-corrected chi connectivity index (χ0v) is 19.7. The Kier molecular flexibility index (Phi) is 7.19. The fourth-order valence-electron chi connectivity index (χ4n) is 4.51. The lowest BCUT2D eigenvalue weighted by Crippen LogP contribution is -2.43. The number of amides is 4. The molecule has 0 fully saturated rings. The highest BCUT2D eigenvalue weighted by molar-refractivity contribution is 6.22. The van der Waals surface area contributed by atoms with E-state index < -0.39 is 0 Å². The van der Waals surface area contributed by atoms with Crippen molar-refractivity contribution in [2.45, 2.75) is 13.8 Å². The van der Waals surface area contributed by atoms with Crippen LogP contribution in [0, 0.1) is 0 Å². The lowest BCUT2D eigenvalue weighted by Gasteiger charge is -2.28. The smallest absolute Gasteiger partial charge is 0.261 e. The number of nitrogens with zero attached hydrogens (tertiary/aromatic N) is 4. The zero-order chi connectivity index (χ0) is 24.2. The summed E-state index contributed by atoms with van der Waals surface area (Å²) in [6.45, 7) is 9.09. The lowest BCUT2D eigenvalue weighted by molar-refractivity contribution is 0.0609. The molecule has 8 heteroatoms. The summed E-state index contributed by atoms with van der Waals surface area (Å²) in [5.74, 6) is -0.916. The van der Waals surface area contributed by atoms with Crippen LogP contribution in [0.2, 0.25) is 0 Å². The van der Waals surface area contributed by atoms with Gasteiger partial charge < -0.3 is 9.80 Å². The number of fused-ring (bicyclic) bond motifs is 2. The van der Waals surface area contributed by atoms with E-state index in [0.717, 1.165) is 26.2 Å². The molecule has 2 heterocycles. The number of carbonyl (C=O) groups excluding carboxylic acids is 4. The van der Waals surface area contributed by atoms with Gasteiger partial charge in [0.15, 0.2) is 0 Å². The van der Waals surface area contributed by atoms with E-state index in [2.05, 4.69) is 23.6 Å². The summed E-state index contributed by atoms with van der Waals surface area (Å²) < 4.78 is 0. The van der Waals surface area contributed by atoms with Gasteiger partial charge in [-0.3, -0.25) is 29.0 Å². The monoisotopic (exact) mass is 462 g/mol. The van der Waals surface area contributed by atoms with Gasteiger partial charge >= 0.3 is 0 Å². The average Bonchev–Trinajstić information content (AvgIpc) is 3.26. The van der Waals surface area contributed by atoms with Crippen molar-refractivity contribution in [3.63, 3.8) is 0 Å². The predicted molar refractivity (Wildman–Crippen MR) is 128 cm³/mol. The maximum Gasteiger partial charge on any atom is 0.261 e. The van der Waals surface area contributed by atoms with Crippen LogP contribution >= 0.6 is 0 Å². The molecule has 0 saturated carbocycles. The quantitative estimate of drug-likeness (QED) is 0.477. The molecule has 178 valence electrons. The molecule has 0 saturated heterocycles. The van der Waals surface area contributed by atoms with Crippen LogP contribution in [-0.4, -0.2) is 95.6 Å². The molecule has 0 atom stereocenters. The third kappa shape index (κ3) is 4.51. The molecule has 2 aliphatic rings. The molecule has 2 aliphatic heterocycles. The Morgan fingerprint density at radius 2 is 0.824 bits per heavy atom. The molecule has 34 heavy (non-hydrogen) atoms. The van der Waals surface area contributed by atoms with E-state index in [1.54, 1.807) is 48.5 Å². The predicted octanol–water partition coefficient (Wildman–Crippen LogP) is 2.22. The topological polar surface area (TPSA) is 81.2 Å². The molecule has 0 radical (unpaired) electrons. The van der Waals surface area contributed by atoms with Crippen molar-refractivity contribution in [1.29, 1.82) is 0 Å². The van der Waals surface area contributed by atoms with Crippen LogP contribution in [0.25, 0.3) is 0 Å². The van der Waals surface area contributed by atoms with E-state index >= 15 is 0 Å². The second-order valence-corrected chi connectivity index (χ2v) is 8.48. The summed E-state index contributed by atoms with van der Waals surface area (Å²) in [6, 6.07) is 13.9. The number of imide groups is 2. The van der Waals surface area contributed by atoms with Crippen molar-refractivity contribution in [2.24, 2.45) is 0 Å². The van der Waals surface area contributed by atoms with Gasteiger partial charge in [0, 0.05) is 39.3 Å². The van der Waals surface area contributed by atoms with Crippen LogP contribution in [0.1, 0.15) is 55.3 Å². The molecule has 0 aromatic heterocycles. The summed E-state index contributed by atoms with van der Waals surface area (Å²) in [5.41, 5.74) is 1.89. The summed E-state index contributed by atoms with van der Waals surface area (Å²) in [5, 5.41) is 0. The normalized spacial score (nSPS) is 15.2. The third-order valence-corrected chi connectivity index (χ3v) is 6.66. The number of hydrogen-bond acceptors (Lipinski definition) is 6. The van der Waals surface area contributed by atoms with Crippen LogP contribution in [0.4, 0.5) is 0 Å². The van der Waals surface area contributed by atoms with E-state index in [0.29, 0.717) is 48.4 Å². The number of rotatable bonds is 11. The van der Waals surface area contributed by atoms with Gasteiger partial charge in [0.25, 0.3) is 23.6 Å². The van der Waals surface area contributed by atoms with Crippen LogP contribution in [0.5, 0.6) is 0 Å². The van der Waals surface area contributed by atoms with Crippen molar-refractivity contribution in [1.82, 2.24) is 19.6 Å². The molecule has 0 N–H and O–H groups in total. The first-order valence-corrected chi connectivity index (χ1v) is 11.8.